The zero-order valence-electron chi connectivity index (χ0n) is 16.1. The Morgan fingerprint density at radius 3 is 2.58 bits per heavy atom. The van der Waals surface area contributed by atoms with Crippen LogP contribution in [0.3, 0.4) is 0 Å². The molecule has 6 heteroatoms. The van der Waals surface area contributed by atoms with Gasteiger partial charge in [0, 0.05) is 25.5 Å². The Morgan fingerprint density at radius 2 is 1.92 bits per heavy atom. The monoisotopic (exact) mass is 361 g/mol. The van der Waals surface area contributed by atoms with E-state index in [9.17, 15) is 5.11 Å². The molecule has 0 unspecified atom stereocenters. The lowest BCUT2D eigenvalue weighted by Crippen LogP contribution is -2.56. The molecule has 4 rings (SSSR count). The van der Waals surface area contributed by atoms with E-state index in [1.807, 2.05) is 20.0 Å². The van der Waals surface area contributed by atoms with Gasteiger partial charge in [0.1, 0.15) is 5.82 Å². The van der Waals surface area contributed by atoms with Gasteiger partial charge in [0.25, 0.3) is 0 Å². The highest BCUT2D eigenvalue weighted by atomic mass is 16.6. The molecule has 0 saturated carbocycles. The molecular weight excluding hydrogens is 330 g/mol. The summed E-state index contributed by atoms with van der Waals surface area (Å²) in [4.78, 5) is 10.9. The van der Waals surface area contributed by atoms with Crippen LogP contribution in [0.2, 0.25) is 0 Å². The molecule has 26 heavy (non-hydrogen) atoms. The smallest absolute Gasteiger partial charge is 0.147 e. The molecule has 0 bridgehead atoms. The van der Waals surface area contributed by atoms with Crippen LogP contribution in [0.5, 0.6) is 0 Å². The third kappa shape index (κ3) is 3.23. The Morgan fingerprint density at radius 1 is 1.15 bits per heavy atom. The topological polar surface area (TPSA) is 67.7 Å². The van der Waals surface area contributed by atoms with Gasteiger partial charge in [0.15, 0.2) is 0 Å². The van der Waals surface area contributed by atoms with Crippen molar-refractivity contribution in [2.24, 2.45) is 5.41 Å². The van der Waals surface area contributed by atoms with Crippen LogP contribution in [0, 0.1) is 5.41 Å². The quantitative estimate of drug-likeness (QED) is 0.873. The molecule has 4 heterocycles. The Labute approximate surface area is 155 Å². The number of hydrogen-bond acceptors (Lipinski definition) is 6. The number of aromatic nitrogens is 2. The lowest BCUT2D eigenvalue weighted by Gasteiger charge is -2.48. The van der Waals surface area contributed by atoms with Crippen LogP contribution in [-0.2, 0) is 9.47 Å². The molecular formula is C20H31N3O3. The van der Waals surface area contributed by atoms with Crippen molar-refractivity contribution in [3.8, 4) is 0 Å². The lowest BCUT2D eigenvalue weighted by molar-refractivity contribution is -0.245. The minimum Gasteiger partial charge on any atom is -0.390 e. The first-order valence-corrected chi connectivity index (χ1v) is 9.83. The molecule has 3 aliphatic rings. The number of aliphatic hydroxyl groups is 1. The minimum absolute atomic E-state index is 0.109. The summed E-state index contributed by atoms with van der Waals surface area (Å²) in [6.45, 7) is 8.94. The first-order chi connectivity index (χ1) is 12.3. The number of rotatable bonds is 2. The second-order valence-electron chi connectivity index (χ2n) is 9.13. The van der Waals surface area contributed by atoms with Crippen molar-refractivity contribution in [3.05, 3.63) is 18.6 Å². The van der Waals surface area contributed by atoms with Gasteiger partial charge in [0.2, 0.25) is 0 Å². The first-order valence-electron chi connectivity index (χ1n) is 9.83. The number of aliphatic hydroxyl groups excluding tert-OH is 1. The highest BCUT2D eigenvalue weighted by Crippen LogP contribution is 2.49. The van der Waals surface area contributed by atoms with Crippen LogP contribution in [0.15, 0.2) is 18.6 Å². The van der Waals surface area contributed by atoms with Gasteiger partial charge in [-0.3, -0.25) is 4.98 Å². The molecule has 0 aromatic carbocycles. The van der Waals surface area contributed by atoms with E-state index in [0.29, 0.717) is 0 Å². The Kier molecular flexibility index (Phi) is 4.48. The normalized spacial score (nSPS) is 36.4. The van der Waals surface area contributed by atoms with Crippen LogP contribution in [0.1, 0.15) is 52.9 Å². The molecule has 0 aliphatic carbocycles. The Bertz CT molecular complexity index is 630. The van der Waals surface area contributed by atoms with E-state index in [-0.39, 0.29) is 17.1 Å². The summed E-state index contributed by atoms with van der Waals surface area (Å²) in [6.07, 6.45) is 9.92. The molecule has 1 aromatic rings. The van der Waals surface area contributed by atoms with E-state index < -0.39 is 11.7 Å². The first kappa shape index (κ1) is 18.1. The van der Waals surface area contributed by atoms with Crippen LogP contribution in [-0.4, -0.2) is 58.2 Å². The fourth-order valence-electron chi connectivity index (χ4n) is 4.91. The predicted molar refractivity (Wildman–Crippen MR) is 99.1 cm³/mol. The summed E-state index contributed by atoms with van der Waals surface area (Å²) in [5.74, 6) is 0.969. The van der Waals surface area contributed by atoms with Crippen molar-refractivity contribution in [2.45, 2.75) is 76.3 Å². The van der Waals surface area contributed by atoms with Gasteiger partial charge in [-0.1, -0.05) is 0 Å². The number of piperidine rings is 1. The summed E-state index contributed by atoms with van der Waals surface area (Å²) in [7, 11) is 0. The maximum absolute atomic E-state index is 10.2. The van der Waals surface area contributed by atoms with Crippen molar-refractivity contribution in [1.82, 2.24) is 9.97 Å². The van der Waals surface area contributed by atoms with E-state index in [1.54, 1.807) is 12.4 Å². The molecule has 0 radical (unpaired) electrons. The molecule has 3 atom stereocenters. The van der Waals surface area contributed by atoms with Crippen molar-refractivity contribution in [1.29, 1.82) is 0 Å². The largest absolute Gasteiger partial charge is 0.390 e. The van der Waals surface area contributed by atoms with Crippen molar-refractivity contribution in [2.75, 3.05) is 24.6 Å². The van der Waals surface area contributed by atoms with Gasteiger partial charge < -0.3 is 19.5 Å². The minimum atomic E-state index is -0.512. The molecule has 1 spiro atoms. The van der Waals surface area contributed by atoms with E-state index in [0.717, 1.165) is 57.6 Å². The number of nitrogens with zero attached hydrogens (tertiary/aromatic N) is 3. The highest BCUT2D eigenvalue weighted by molar-refractivity contribution is 5.35. The van der Waals surface area contributed by atoms with E-state index >= 15 is 0 Å². The van der Waals surface area contributed by atoms with Gasteiger partial charge in [-0.2, -0.15) is 0 Å². The zero-order chi connectivity index (χ0) is 18.4. The zero-order valence-corrected chi connectivity index (χ0v) is 16.1. The van der Waals surface area contributed by atoms with Gasteiger partial charge in [-0.15, -0.1) is 0 Å². The molecule has 0 amide bonds. The summed E-state index contributed by atoms with van der Waals surface area (Å²) >= 11 is 0. The standard InChI is InChI=1S/C20H31N3O3/c1-18(2)15(24)4-5-19(3,26-18)16-12-20(14-25-16)6-10-23(11-7-20)17-13-21-8-9-22-17/h8-9,13,15-16,24H,4-7,10-12,14H2,1-3H3/t15-,16+,19+/m0/s1. The molecule has 1 N–H and O–H groups in total. The number of anilines is 1. The third-order valence-corrected chi connectivity index (χ3v) is 6.80. The average Bonchev–Trinajstić information content (AvgIpc) is 3.04. The predicted octanol–water partition coefficient (Wildman–Crippen LogP) is 2.56. The highest BCUT2D eigenvalue weighted by Gasteiger charge is 2.53. The fourth-order valence-corrected chi connectivity index (χ4v) is 4.91. The van der Waals surface area contributed by atoms with Gasteiger partial charge in [-0.05, 0) is 58.3 Å². The lowest BCUT2D eigenvalue weighted by atomic mass is 9.73. The fraction of sp³-hybridized carbons (Fsp3) is 0.800. The van der Waals surface area contributed by atoms with Crippen LogP contribution < -0.4 is 4.90 Å². The van der Waals surface area contributed by atoms with Gasteiger partial charge >= 0.3 is 0 Å². The number of hydrogen-bond donors (Lipinski definition) is 1. The Hall–Kier alpha value is -1.24. The van der Waals surface area contributed by atoms with Crippen molar-refractivity contribution < 1.29 is 14.6 Å². The third-order valence-electron chi connectivity index (χ3n) is 6.80. The molecule has 6 nitrogen and oxygen atoms in total. The van der Waals surface area contributed by atoms with Crippen LogP contribution in [0.4, 0.5) is 5.82 Å². The van der Waals surface area contributed by atoms with Crippen LogP contribution >= 0.6 is 0 Å². The van der Waals surface area contributed by atoms with Crippen LogP contribution in [0.25, 0.3) is 0 Å². The van der Waals surface area contributed by atoms with E-state index in [2.05, 4.69) is 21.8 Å². The van der Waals surface area contributed by atoms with Crippen molar-refractivity contribution >= 4 is 5.82 Å². The second-order valence-corrected chi connectivity index (χ2v) is 9.13. The maximum atomic E-state index is 10.2. The second kappa shape index (κ2) is 6.43. The SMILES string of the molecule is CC1(C)O[C@@](C)([C@H]2CC3(CCN(c4cnccn4)CC3)CO2)CC[C@@H]1O. The van der Waals surface area contributed by atoms with Gasteiger partial charge in [-0.25, -0.2) is 4.98 Å². The molecule has 3 saturated heterocycles. The van der Waals surface area contributed by atoms with E-state index in [4.69, 9.17) is 9.47 Å². The Balaban J connectivity index is 1.40. The summed E-state index contributed by atoms with van der Waals surface area (Å²) < 4.78 is 12.7. The van der Waals surface area contributed by atoms with Gasteiger partial charge in [0.05, 0.1) is 36.2 Å². The summed E-state index contributed by atoms with van der Waals surface area (Å²) in [5, 5.41) is 10.2. The molecule has 3 aliphatic heterocycles. The molecule has 1 aromatic heterocycles. The molecule has 144 valence electrons. The molecule has 3 fully saturated rings. The summed E-state index contributed by atoms with van der Waals surface area (Å²) in [6, 6.07) is 0. The number of ether oxygens (including phenoxy) is 2. The average molecular weight is 361 g/mol. The van der Waals surface area contributed by atoms with Crippen molar-refractivity contribution in [3.63, 3.8) is 0 Å². The van der Waals surface area contributed by atoms with E-state index in [1.165, 1.54) is 0 Å². The maximum Gasteiger partial charge on any atom is 0.147 e. The summed E-state index contributed by atoms with van der Waals surface area (Å²) in [5.41, 5.74) is -0.578.